The Labute approximate surface area is 101 Å². The van der Waals surface area contributed by atoms with E-state index in [9.17, 15) is 9.90 Å². The molecule has 0 heterocycles. The van der Waals surface area contributed by atoms with Crippen LogP contribution in [0.4, 0.5) is 0 Å². The topological polar surface area (TPSA) is 37.3 Å². The molecule has 0 saturated heterocycles. The second-order valence-electron chi connectivity index (χ2n) is 3.99. The van der Waals surface area contributed by atoms with E-state index in [-0.39, 0.29) is 0 Å². The quantitative estimate of drug-likeness (QED) is 0.814. The van der Waals surface area contributed by atoms with Crippen LogP contribution in [0.25, 0.3) is 0 Å². The maximum Gasteiger partial charge on any atom is 0.150 e. The van der Waals surface area contributed by atoms with Gasteiger partial charge in [-0.25, -0.2) is 0 Å². The van der Waals surface area contributed by atoms with Crippen LogP contribution in [0.5, 0.6) is 0 Å². The summed E-state index contributed by atoms with van der Waals surface area (Å²) in [5.74, 6) is 0. The Balaban J connectivity index is 2.09. The zero-order chi connectivity index (χ0) is 12.1. The number of carbonyl (C=O) groups is 1. The van der Waals surface area contributed by atoms with E-state index in [2.05, 4.69) is 0 Å². The zero-order valence-electron chi connectivity index (χ0n) is 9.41. The molecule has 0 aliphatic rings. The summed E-state index contributed by atoms with van der Waals surface area (Å²) in [6.07, 6.45) is 0.854. The molecule has 0 unspecified atom stereocenters. The monoisotopic (exact) mass is 226 g/mol. The third kappa shape index (κ3) is 3.02. The van der Waals surface area contributed by atoms with Crippen molar-refractivity contribution in [3.05, 3.63) is 71.3 Å². The molecule has 2 rings (SSSR count). The molecule has 0 aliphatic heterocycles. The van der Waals surface area contributed by atoms with Gasteiger partial charge in [-0.3, -0.25) is 4.79 Å². The first-order valence-corrected chi connectivity index (χ1v) is 5.57. The van der Waals surface area contributed by atoms with Gasteiger partial charge in [0, 0.05) is 12.0 Å². The Morgan fingerprint density at radius 2 is 1.65 bits per heavy atom. The number of aliphatic hydroxyl groups excluding tert-OH is 1. The van der Waals surface area contributed by atoms with E-state index in [0.717, 1.165) is 17.4 Å². The van der Waals surface area contributed by atoms with Gasteiger partial charge in [-0.2, -0.15) is 0 Å². The van der Waals surface area contributed by atoms with E-state index in [1.165, 1.54) is 0 Å². The fourth-order valence-corrected chi connectivity index (χ4v) is 1.75. The molecule has 0 saturated carbocycles. The molecule has 17 heavy (non-hydrogen) atoms. The molecule has 0 spiro atoms. The number of aldehydes is 1. The van der Waals surface area contributed by atoms with E-state index >= 15 is 0 Å². The van der Waals surface area contributed by atoms with Crippen LogP contribution in [0.3, 0.4) is 0 Å². The van der Waals surface area contributed by atoms with Crippen molar-refractivity contribution in [1.29, 1.82) is 0 Å². The van der Waals surface area contributed by atoms with Crippen LogP contribution in [0, 0.1) is 0 Å². The standard InChI is InChI=1S/C15H14O2/c16-11-13-6-8-14(9-7-13)15(17)10-12-4-2-1-3-5-12/h1-9,11,15,17H,10H2/t15-/m1/s1. The molecule has 2 aromatic carbocycles. The van der Waals surface area contributed by atoms with Crippen LogP contribution in [0.1, 0.15) is 27.6 Å². The number of rotatable bonds is 4. The predicted molar refractivity (Wildman–Crippen MR) is 66.9 cm³/mol. The molecule has 0 bridgehead atoms. The highest BCUT2D eigenvalue weighted by Crippen LogP contribution is 2.18. The molecule has 0 radical (unpaired) electrons. The number of hydrogen-bond acceptors (Lipinski definition) is 2. The van der Waals surface area contributed by atoms with Gasteiger partial charge in [0.25, 0.3) is 0 Å². The maximum atomic E-state index is 10.5. The largest absolute Gasteiger partial charge is 0.388 e. The molecular formula is C15H14O2. The summed E-state index contributed by atoms with van der Waals surface area (Å²) in [5.41, 5.74) is 2.56. The molecule has 0 fully saturated rings. The SMILES string of the molecule is O=Cc1ccc([C@H](O)Cc2ccccc2)cc1. The molecule has 0 aromatic heterocycles. The lowest BCUT2D eigenvalue weighted by Crippen LogP contribution is -2.01. The minimum Gasteiger partial charge on any atom is -0.388 e. The third-order valence-electron chi connectivity index (χ3n) is 2.73. The molecule has 2 aromatic rings. The molecule has 1 N–H and O–H groups in total. The first-order chi connectivity index (χ1) is 8.29. The van der Waals surface area contributed by atoms with Gasteiger partial charge in [0.1, 0.15) is 6.29 Å². The van der Waals surface area contributed by atoms with Crippen molar-refractivity contribution >= 4 is 6.29 Å². The molecule has 2 nitrogen and oxygen atoms in total. The van der Waals surface area contributed by atoms with Gasteiger partial charge in [0.2, 0.25) is 0 Å². The van der Waals surface area contributed by atoms with Crippen molar-refractivity contribution < 1.29 is 9.90 Å². The Kier molecular flexibility index (Phi) is 3.68. The highest BCUT2D eigenvalue weighted by molar-refractivity contribution is 5.74. The van der Waals surface area contributed by atoms with Gasteiger partial charge in [-0.15, -0.1) is 0 Å². The van der Waals surface area contributed by atoms with E-state index in [1.807, 2.05) is 30.3 Å². The third-order valence-corrected chi connectivity index (χ3v) is 2.73. The summed E-state index contributed by atoms with van der Waals surface area (Å²) < 4.78 is 0. The maximum absolute atomic E-state index is 10.5. The first-order valence-electron chi connectivity index (χ1n) is 5.57. The minimum atomic E-state index is -0.530. The molecule has 2 heteroatoms. The predicted octanol–water partition coefficient (Wildman–Crippen LogP) is 2.78. The van der Waals surface area contributed by atoms with Gasteiger partial charge in [-0.05, 0) is 11.1 Å². The smallest absolute Gasteiger partial charge is 0.150 e. The molecule has 0 amide bonds. The van der Waals surface area contributed by atoms with Gasteiger partial charge < -0.3 is 5.11 Å². The summed E-state index contributed by atoms with van der Waals surface area (Å²) in [4.78, 5) is 10.5. The first kappa shape index (κ1) is 11.6. The molecule has 86 valence electrons. The van der Waals surface area contributed by atoms with Gasteiger partial charge in [0.15, 0.2) is 0 Å². The van der Waals surface area contributed by atoms with E-state index in [0.29, 0.717) is 12.0 Å². The molecule has 1 atom stereocenters. The van der Waals surface area contributed by atoms with Crippen molar-refractivity contribution in [2.75, 3.05) is 0 Å². The average molecular weight is 226 g/mol. The van der Waals surface area contributed by atoms with Crippen LogP contribution in [0.2, 0.25) is 0 Å². The van der Waals surface area contributed by atoms with Crippen molar-refractivity contribution in [3.63, 3.8) is 0 Å². The summed E-state index contributed by atoms with van der Waals surface area (Å²) in [7, 11) is 0. The van der Waals surface area contributed by atoms with Crippen molar-refractivity contribution in [2.45, 2.75) is 12.5 Å². The fourth-order valence-electron chi connectivity index (χ4n) is 1.75. The Hall–Kier alpha value is -1.93. The summed E-state index contributed by atoms with van der Waals surface area (Å²) in [6, 6.07) is 16.9. The fraction of sp³-hybridized carbons (Fsp3) is 0.133. The van der Waals surface area contributed by atoms with Gasteiger partial charge >= 0.3 is 0 Å². The number of hydrogen-bond donors (Lipinski definition) is 1. The van der Waals surface area contributed by atoms with Crippen LogP contribution in [-0.2, 0) is 6.42 Å². The molecule has 0 aliphatic carbocycles. The second-order valence-corrected chi connectivity index (χ2v) is 3.99. The zero-order valence-corrected chi connectivity index (χ0v) is 9.41. The summed E-state index contributed by atoms with van der Waals surface area (Å²) in [6.45, 7) is 0. The van der Waals surface area contributed by atoms with E-state index in [4.69, 9.17) is 0 Å². The van der Waals surface area contributed by atoms with Crippen molar-refractivity contribution in [1.82, 2.24) is 0 Å². The van der Waals surface area contributed by atoms with Crippen LogP contribution < -0.4 is 0 Å². The minimum absolute atomic E-state index is 0.530. The van der Waals surface area contributed by atoms with Crippen LogP contribution in [-0.4, -0.2) is 11.4 Å². The van der Waals surface area contributed by atoms with Gasteiger partial charge in [-0.1, -0.05) is 54.6 Å². The lowest BCUT2D eigenvalue weighted by molar-refractivity contribution is 0.112. The Bertz CT molecular complexity index is 474. The highest BCUT2D eigenvalue weighted by atomic mass is 16.3. The lowest BCUT2D eigenvalue weighted by atomic mass is 10.0. The Morgan fingerprint density at radius 1 is 1.00 bits per heavy atom. The van der Waals surface area contributed by atoms with E-state index < -0.39 is 6.10 Å². The lowest BCUT2D eigenvalue weighted by Gasteiger charge is -2.11. The summed E-state index contributed by atoms with van der Waals surface area (Å²) >= 11 is 0. The van der Waals surface area contributed by atoms with Crippen LogP contribution >= 0.6 is 0 Å². The van der Waals surface area contributed by atoms with Crippen molar-refractivity contribution in [2.24, 2.45) is 0 Å². The van der Waals surface area contributed by atoms with Crippen molar-refractivity contribution in [3.8, 4) is 0 Å². The van der Waals surface area contributed by atoms with Gasteiger partial charge in [0.05, 0.1) is 6.10 Å². The number of benzene rings is 2. The summed E-state index contributed by atoms with van der Waals surface area (Å²) in [5, 5.41) is 10.0. The number of aliphatic hydroxyl groups is 1. The highest BCUT2D eigenvalue weighted by Gasteiger charge is 2.07. The van der Waals surface area contributed by atoms with Crippen LogP contribution in [0.15, 0.2) is 54.6 Å². The normalized spacial score (nSPS) is 12.1. The second kappa shape index (κ2) is 5.41. The Morgan fingerprint density at radius 3 is 2.24 bits per heavy atom. The average Bonchev–Trinajstić information content (AvgIpc) is 2.40. The van der Waals surface area contributed by atoms with E-state index in [1.54, 1.807) is 24.3 Å². The molecular weight excluding hydrogens is 212 g/mol. The number of carbonyl (C=O) groups excluding carboxylic acids is 1.